The van der Waals surface area contributed by atoms with Gasteiger partial charge in [-0.3, -0.25) is 4.79 Å². The molecule has 1 aromatic carbocycles. The van der Waals surface area contributed by atoms with E-state index < -0.39 is 29.1 Å². The number of amides is 2. The van der Waals surface area contributed by atoms with E-state index in [9.17, 15) is 18.4 Å². The fraction of sp³-hybridized carbons (Fsp3) is 0.529. The molecule has 0 spiro atoms. The Morgan fingerprint density at radius 2 is 1.80 bits per heavy atom. The van der Waals surface area contributed by atoms with Gasteiger partial charge in [0.25, 0.3) is 0 Å². The number of benzene rings is 1. The number of likely N-dealkylation sites (tertiary alicyclic amines) is 1. The maximum absolute atomic E-state index is 13.2. The summed E-state index contributed by atoms with van der Waals surface area (Å²) in [6.07, 6.45) is 0.844. The van der Waals surface area contributed by atoms with E-state index in [1.165, 1.54) is 0 Å². The van der Waals surface area contributed by atoms with E-state index >= 15 is 0 Å². The monoisotopic (exact) mass is 356 g/mol. The van der Waals surface area contributed by atoms with Gasteiger partial charge in [-0.15, -0.1) is 0 Å². The molecule has 0 bridgehead atoms. The minimum absolute atomic E-state index is 0.0408. The molecular weight excluding hydrogens is 334 g/mol. The highest BCUT2D eigenvalue weighted by Gasteiger charge is 2.28. The number of aliphatic carboxylic acids is 1. The van der Waals surface area contributed by atoms with E-state index in [2.05, 4.69) is 5.32 Å². The van der Waals surface area contributed by atoms with Crippen LogP contribution in [0, 0.1) is 17.6 Å². The average molecular weight is 356 g/mol. The van der Waals surface area contributed by atoms with Crippen LogP contribution < -0.4 is 10.1 Å². The number of carbonyl (C=O) groups is 2. The van der Waals surface area contributed by atoms with Crippen LogP contribution in [0.15, 0.2) is 18.2 Å². The molecular formula is C17H22F2N2O4. The summed E-state index contributed by atoms with van der Waals surface area (Å²) in [6, 6.07) is 2.58. The zero-order valence-electron chi connectivity index (χ0n) is 14.2. The van der Waals surface area contributed by atoms with E-state index in [0.29, 0.717) is 25.9 Å². The average Bonchev–Trinajstić information content (AvgIpc) is 2.51. The highest BCUT2D eigenvalue weighted by molar-refractivity contribution is 5.75. The molecule has 0 aromatic heterocycles. The zero-order chi connectivity index (χ0) is 18.6. The van der Waals surface area contributed by atoms with Crippen LogP contribution >= 0.6 is 0 Å². The third kappa shape index (κ3) is 5.58. The lowest BCUT2D eigenvalue weighted by molar-refractivity contribution is -0.143. The fourth-order valence-electron chi connectivity index (χ4n) is 2.67. The number of rotatable bonds is 5. The molecule has 1 aliphatic rings. The van der Waals surface area contributed by atoms with E-state index in [0.717, 1.165) is 18.2 Å². The largest absolute Gasteiger partial charge is 0.486 e. The van der Waals surface area contributed by atoms with E-state index in [1.54, 1.807) is 18.7 Å². The number of urea groups is 1. The van der Waals surface area contributed by atoms with Crippen molar-refractivity contribution >= 4 is 12.0 Å². The summed E-state index contributed by atoms with van der Waals surface area (Å²) in [5, 5.41) is 11.7. The number of nitrogens with zero attached hydrogens (tertiary/aromatic N) is 1. The molecule has 0 radical (unpaired) electrons. The zero-order valence-corrected chi connectivity index (χ0v) is 14.2. The van der Waals surface area contributed by atoms with Crippen molar-refractivity contribution in [1.82, 2.24) is 10.2 Å². The number of nitrogens with one attached hydrogen (secondary N) is 1. The van der Waals surface area contributed by atoms with Gasteiger partial charge in [0.05, 0.1) is 12.5 Å². The molecule has 0 aliphatic carbocycles. The van der Waals surface area contributed by atoms with Crippen LogP contribution in [0.1, 0.15) is 26.7 Å². The molecule has 6 nitrogen and oxygen atoms in total. The topological polar surface area (TPSA) is 78.9 Å². The van der Waals surface area contributed by atoms with Gasteiger partial charge in [-0.1, -0.05) is 0 Å². The Labute approximate surface area is 144 Å². The van der Waals surface area contributed by atoms with Crippen LogP contribution in [-0.2, 0) is 4.79 Å². The fourth-order valence-corrected chi connectivity index (χ4v) is 2.67. The van der Waals surface area contributed by atoms with Crippen molar-refractivity contribution < 1.29 is 28.2 Å². The van der Waals surface area contributed by atoms with Crippen LogP contribution in [0.25, 0.3) is 0 Å². The number of carbonyl (C=O) groups excluding carboxylic acids is 1. The van der Waals surface area contributed by atoms with Crippen molar-refractivity contribution in [2.75, 3.05) is 19.6 Å². The highest BCUT2D eigenvalue weighted by Crippen LogP contribution is 2.21. The first kappa shape index (κ1) is 19.0. The van der Waals surface area contributed by atoms with Crippen molar-refractivity contribution in [2.24, 2.45) is 5.92 Å². The summed E-state index contributed by atoms with van der Waals surface area (Å²) < 4.78 is 32.0. The summed E-state index contributed by atoms with van der Waals surface area (Å²) in [4.78, 5) is 24.6. The molecule has 1 fully saturated rings. The Kier molecular flexibility index (Phi) is 5.81. The normalized spacial score (nSPS) is 15.8. The number of ether oxygens (including phenoxy) is 1. The van der Waals surface area contributed by atoms with Gasteiger partial charge < -0.3 is 20.1 Å². The van der Waals surface area contributed by atoms with Crippen LogP contribution in [0.3, 0.4) is 0 Å². The maximum atomic E-state index is 13.2. The maximum Gasteiger partial charge on any atom is 0.317 e. The van der Waals surface area contributed by atoms with Crippen molar-refractivity contribution in [3.63, 3.8) is 0 Å². The smallest absolute Gasteiger partial charge is 0.317 e. The minimum atomic E-state index is -0.880. The second-order valence-corrected chi connectivity index (χ2v) is 6.73. The summed E-state index contributed by atoms with van der Waals surface area (Å²) in [6.45, 7) is 4.25. The van der Waals surface area contributed by atoms with Crippen molar-refractivity contribution in [1.29, 1.82) is 0 Å². The molecule has 2 rings (SSSR count). The molecule has 8 heteroatoms. The molecule has 2 N–H and O–H groups in total. The number of hydrogen-bond donors (Lipinski definition) is 2. The lowest BCUT2D eigenvalue weighted by Crippen LogP contribution is -2.50. The Bertz CT molecular complexity index is 623. The van der Waals surface area contributed by atoms with Gasteiger partial charge in [0.1, 0.15) is 23.0 Å². The molecule has 0 saturated carbocycles. The SMILES string of the molecule is CC(C)(CNC(=O)N1CCC(C(=O)O)CC1)Oc1cc(F)cc(F)c1. The first-order valence-electron chi connectivity index (χ1n) is 8.07. The molecule has 0 unspecified atom stereocenters. The predicted octanol–water partition coefficient (Wildman–Crippen LogP) is 2.63. The number of piperidine rings is 1. The van der Waals surface area contributed by atoms with Crippen LogP contribution in [0.2, 0.25) is 0 Å². The van der Waals surface area contributed by atoms with Crippen LogP contribution in [-0.4, -0.2) is 47.2 Å². The second-order valence-electron chi connectivity index (χ2n) is 6.73. The summed E-state index contributed by atoms with van der Waals surface area (Å²) in [7, 11) is 0. The van der Waals surface area contributed by atoms with Gasteiger partial charge in [-0.05, 0) is 26.7 Å². The molecule has 138 valence electrons. The third-order valence-corrected chi connectivity index (χ3v) is 4.03. The summed E-state index contributed by atoms with van der Waals surface area (Å²) in [5.41, 5.74) is -0.880. The van der Waals surface area contributed by atoms with Crippen LogP contribution in [0.5, 0.6) is 5.75 Å². The van der Waals surface area contributed by atoms with Gasteiger partial charge in [-0.25, -0.2) is 13.6 Å². The highest BCUT2D eigenvalue weighted by atomic mass is 19.1. The quantitative estimate of drug-likeness (QED) is 0.850. The molecule has 2 amide bonds. The third-order valence-electron chi connectivity index (χ3n) is 4.03. The second kappa shape index (κ2) is 7.67. The Hall–Kier alpha value is -2.38. The van der Waals surface area contributed by atoms with Gasteiger partial charge >= 0.3 is 12.0 Å². The summed E-state index contributed by atoms with van der Waals surface area (Å²) >= 11 is 0. The number of carboxylic acid groups (broad SMARTS) is 1. The molecule has 1 saturated heterocycles. The first-order chi connectivity index (χ1) is 11.7. The Morgan fingerprint density at radius 3 is 2.32 bits per heavy atom. The molecule has 1 heterocycles. The number of hydrogen-bond acceptors (Lipinski definition) is 3. The van der Waals surface area contributed by atoms with E-state index in [4.69, 9.17) is 9.84 Å². The van der Waals surface area contributed by atoms with E-state index in [1.807, 2.05) is 0 Å². The van der Waals surface area contributed by atoms with E-state index in [-0.39, 0.29) is 18.3 Å². The predicted molar refractivity (Wildman–Crippen MR) is 86.4 cm³/mol. The van der Waals surface area contributed by atoms with Crippen LogP contribution in [0.4, 0.5) is 13.6 Å². The molecule has 25 heavy (non-hydrogen) atoms. The number of halogens is 2. The van der Waals surface area contributed by atoms with Crippen molar-refractivity contribution in [3.05, 3.63) is 29.8 Å². The number of carboxylic acids is 1. The lowest BCUT2D eigenvalue weighted by Gasteiger charge is -2.32. The molecule has 0 atom stereocenters. The standard InChI is InChI=1S/C17H22F2N2O4/c1-17(2,25-14-8-12(18)7-13(19)9-14)10-20-16(24)21-5-3-11(4-6-21)15(22)23/h7-9,11H,3-6,10H2,1-2H3,(H,20,24)(H,22,23). The Balaban J connectivity index is 1.84. The molecule has 1 aliphatic heterocycles. The van der Waals surface area contributed by atoms with Gasteiger partial charge in [0.2, 0.25) is 0 Å². The van der Waals surface area contributed by atoms with Gasteiger partial charge in [0, 0.05) is 31.3 Å². The summed E-state index contributed by atoms with van der Waals surface area (Å²) in [5.74, 6) is -2.69. The van der Waals surface area contributed by atoms with Crippen molar-refractivity contribution in [3.8, 4) is 5.75 Å². The van der Waals surface area contributed by atoms with Crippen molar-refractivity contribution in [2.45, 2.75) is 32.3 Å². The Morgan fingerprint density at radius 1 is 1.24 bits per heavy atom. The minimum Gasteiger partial charge on any atom is -0.486 e. The molecule has 1 aromatic rings. The lowest BCUT2D eigenvalue weighted by atomic mass is 9.97. The van der Waals surface area contributed by atoms with Gasteiger partial charge in [0.15, 0.2) is 0 Å². The van der Waals surface area contributed by atoms with Gasteiger partial charge in [-0.2, -0.15) is 0 Å². The first-order valence-corrected chi connectivity index (χ1v) is 8.07.